The zero-order chi connectivity index (χ0) is 13.9. The van der Waals surface area contributed by atoms with Gasteiger partial charge in [-0.3, -0.25) is 0 Å². The highest BCUT2D eigenvalue weighted by molar-refractivity contribution is 5.90. The molecule has 0 heterocycles. The molecule has 0 atom stereocenters. The van der Waals surface area contributed by atoms with E-state index in [-0.39, 0.29) is 5.92 Å². The largest absolute Gasteiger partial charge is 0.478 e. The maximum absolute atomic E-state index is 12.4. The maximum Gasteiger partial charge on any atom is 0.416 e. The van der Waals surface area contributed by atoms with Gasteiger partial charge in [0.1, 0.15) is 0 Å². The molecule has 2 nitrogen and oxygen atoms in total. The lowest BCUT2D eigenvalue weighted by Crippen LogP contribution is -2.05. The van der Waals surface area contributed by atoms with E-state index in [1.54, 1.807) is 13.8 Å². The van der Waals surface area contributed by atoms with Crippen molar-refractivity contribution >= 4 is 11.5 Å². The van der Waals surface area contributed by atoms with Crippen molar-refractivity contribution in [2.24, 2.45) is 5.92 Å². The van der Waals surface area contributed by atoms with Gasteiger partial charge in [0.2, 0.25) is 0 Å². The second-order valence-electron chi connectivity index (χ2n) is 4.17. The summed E-state index contributed by atoms with van der Waals surface area (Å²) in [7, 11) is 0. The summed E-state index contributed by atoms with van der Waals surface area (Å²) in [6.45, 7) is 3.57. The van der Waals surface area contributed by atoms with Crippen molar-refractivity contribution in [1.82, 2.24) is 0 Å². The first-order valence-corrected chi connectivity index (χ1v) is 5.34. The summed E-state index contributed by atoms with van der Waals surface area (Å²) in [5, 5.41) is 8.72. The third-order valence-electron chi connectivity index (χ3n) is 2.45. The minimum Gasteiger partial charge on any atom is -0.478 e. The van der Waals surface area contributed by atoms with Crippen LogP contribution in [0.15, 0.2) is 30.3 Å². The number of rotatable bonds is 3. The number of hydrogen-bond donors (Lipinski definition) is 1. The molecule has 0 aromatic heterocycles. The van der Waals surface area contributed by atoms with Crippen LogP contribution < -0.4 is 0 Å². The number of aliphatic carboxylic acids is 1. The molecule has 0 fully saturated rings. The highest BCUT2D eigenvalue weighted by Gasteiger charge is 2.30. The first kappa shape index (κ1) is 14.3. The average Bonchev–Trinajstić information content (AvgIpc) is 2.24. The minimum atomic E-state index is -4.38. The molecule has 1 N–H and O–H groups in total. The van der Waals surface area contributed by atoms with E-state index < -0.39 is 17.7 Å². The summed E-state index contributed by atoms with van der Waals surface area (Å²) < 4.78 is 37.1. The van der Waals surface area contributed by atoms with Crippen LogP contribution >= 0.6 is 0 Å². The fourth-order valence-electron chi connectivity index (χ4n) is 1.57. The van der Waals surface area contributed by atoms with Gasteiger partial charge in [0.05, 0.1) is 5.56 Å². The Balaban J connectivity index is 3.14. The van der Waals surface area contributed by atoms with Gasteiger partial charge in [0.25, 0.3) is 0 Å². The molecule has 0 aliphatic rings. The van der Waals surface area contributed by atoms with Gasteiger partial charge >= 0.3 is 12.1 Å². The van der Waals surface area contributed by atoms with Crippen LogP contribution in [0.1, 0.15) is 25.0 Å². The molecular weight excluding hydrogens is 245 g/mol. The summed E-state index contributed by atoms with van der Waals surface area (Å²) in [4.78, 5) is 10.7. The van der Waals surface area contributed by atoms with Crippen molar-refractivity contribution in [1.29, 1.82) is 0 Å². The Morgan fingerprint density at radius 2 is 1.72 bits per heavy atom. The lowest BCUT2D eigenvalue weighted by molar-refractivity contribution is -0.137. The number of hydrogen-bond acceptors (Lipinski definition) is 1. The molecule has 18 heavy (non-hydrogen) atoms. The number of alkyl halides is 3. The van der Waals surface area contributed by atoms with Crippen molar-refractivity contribution in [3.8, 4) is 0 Å². The van der Waals surface area contributed by atoms with Crippen LogP contribution in [0.25, 0.3) is 5.57 Å². The Bertz CT molecular complexity index is 456. The quantitative estimate of drug-likeness (QED) is 0.836. The third kappa shape index (κ3) is 3.61. The van der Waals surface area contributed by atoms with E-state index in [9.17, 15) is 18.0 Å². The first-order chi connectivity index (χ1) is 8.21. The molecule has 0 aliphatic heterocycles. The van der Waals surface area contributed by atoms with Gasteiger partial charge in [0, 0.05) is 6.08 Å². The maximum atomic E-state index is 12.4. The molecule has 0 spiro atoms. The molecule has 0 aliphatic carbocycles. The molecule has 0 radical (unpaired) electrons. The van der Waals surface area contributed by atoms with Gasteiger partial charge in [-0.15, -0.1) is 0 Å². The molecule has 1 rings (SSSR count). The summed E-state index contributed by atoms with van der Waals surface area (Å²) >= 11 is 0. The number of halogens is 3. The van der Waals surface area contributed by atoms with Gasteiger partial charge in [-0.2, -0.15) is 13.2 Å². The summed E-state index contributed by atoms with van der Waals surface area (Å²) in [6.07, 6.45) is -3.36. The third-order valence-corrected chi connectivity index (χ3v) is 2.45. The smallest absolute Gasteiger partial charge is 0.416 e. The molecule has 0 unspecified atom stereocenters. The first-order valence-electron chi connectivity index (χ1n) is 5.34. The van der Waals surface area contributed by atoms with Gasteiger partial charge in [-0.05, 0) is 29.2 Å². The molecular formula is C13H13F3O2. The highest BCUT2D eigenvalue weighted by Crippen LogP contribution is 2.31. The van der Waals surface area contributed by atoms with E-state index in [1.807, 2.05) is 0 Å². The fourth-order valence-corrected chi connectivity index (χ4v) is 1.57. The molecule has 0 bridgehead atoms. The summed E-state index contributed by atoms with van der Waals surface area (Å²) in [6, 6.07) is 4.48. The van der Waals surface area contributed by atoms with Crippen molar-refractivity contribution in [3.05, 3.63) is 41.5 Å². The lowest BCUT2D eigenvalue weighted by Gasteiger charge is -2.12. The Morgan fingerprint density at radius 3 is 2.06 bits per heavy atom. The minimum absolute atomic E-state index is 0.0853. The van der Waals surface area contributed by atoms with E-state index in [2.05, 4.69) is 0 Å². The molecule has 5 heteroatoms. The van der Waals surface area contributed by atoms with Crippen LogP contribution in [0.5, 0.6) is 0 Å². The van der Waals surface area contributed by atoms with E-state index in [4.69, 9.17) is 5.11 Å². The SMILES string of the molecule is CC(C)/C(=C\C(=O)O)c1ccc(C(F)(F)F)cc1. The Kier molecular flexibility index (Phi) is 4.16. The fraction of sp³-hybridized carbons (Fsp3) is 0.308. The lowest BCUT2D eigenvalue weighted by atomic mass is 9.94. The van der Waals surface area contributed by atoms with Gasteiger partial charge in [-0.25, -0.2) is 4.79 Å². The van der Waals surface area contributed by atoms with Gasteiger partial charge < -0.3 is 5.11 Å². The molecule has 0 saturated carbocycles. The van der Waals surface area contributed by atoms with Crippen molar-refractivity contribution in [3.63, 3.8) is 0 Å². The normalized spacial score (nSPS) is 12.9. The second-order valence-corrected chi connectivity index (χ2v) is 4.17. The van der Waals surface area contributed by atoms with Crippen molar-refractivity contribution in [2.45, 2.75) is 20.0 Å². The number of carboxylic acid groups (broad SMARTS) is 1. The van der Waals surface area contributed by atoms with E-state index in [0.29, 0.717) is 11.1 Å². The predicted octanol–water partition coefficient (Wildman–Crippen LogP) is 3.83. The average molecular weight is 258 g/mol. The van der Waals surface area contributed by atoms with Crippen molar-refractivity contribution in [2.75, 3.05) is 0 Å². The molecule has 98 valence electrons. The highest BCUT2D eigenvalue weighted by atomic mass is 19.4. The monoisotopic (exact) mass is 258 g/mol. The van der Waals surface area contributed by atoms with E-state index in [0.717, 1.165) is 18.2 Å². The predicted molar refractivity (Wildman–Crippen MR) is 61.9 cm³/mol. The Morgan fingerprint density at radius 1 is 1.22 bits per heavy atom. The number of benzene rings is 1. The standard InChI is InChI=1S/C13H13F3O2/c1-8(2)11(7-12(17)18)9-3-5-10(6-4-9)13(14,15)16/h3-8H,1-2H3,(H,17,18)/b11-7+. The topological polar surface area (TPSA) is 37.3 Å². The Labute approximate surface area is 103 Å². The van der Waals surface area contributed by atoms with Crippen LogP contribution in [0.2, 0.25) is 0 Å². The second kappa shape index (κ2) is 5.25. The summed E-state index contributed by atoms with van der Waals surface area (Å²) in [5.41, 5.74) is 0.237. The van der Waals surface area contributed by atoms with Gasteiger partial charge in [0.15, 0.2) is 0 Å². The van der Waals surface area contributed by atoms with Crippen LogP contribution in [-0.4, -0.2) is 11.1 Å². The van der Waals surface area contributed by atoms with E-state index >= 15 is 0 Å². The number of allylic oxidation sites excluding steroid dienone is 1. The van der Waals surface area contributed by atoms with Crippen LogP contribution in [-0.2, 0) is 11.0 Å². The summed E-state index contributed by atoms with van der Waals surface area (Å²) in [5.74, 6) is -1.20. The zero-order valence-electron chi connectivity index (χ0n) is 9.95. The van der Waals surface area contributed by atoms with Crippen LogP contribution in [0, 0.1) is 5.92 Å². The Hall–Kier alpha value is -1.78. The van der Waals surface area contributed by atoms with Crippen LogP contribution in [0.3, 0.4) is 0 Å². The number of carboxylic acids is 1. The van der Waals surface area contributed by atoms with Gasteiger partial charge in [-0.1, -0.05) is 26.0 Å². The zero-order valence-corrected chi connectivity index (χ0v) is 9.95. The molecule has 1 aromatic rings. The number of carbonyl (C=O) groups is 1. The van der Waals surface area contributed by atoms with Crippen molar-refractivity contribution < 1.29 is 23.1 Å². The molecule has 0 amide bonds. The van der Waals surface area contributed by atoms with Crippen LogP contribution in [0.4, 0.5) is 13.2 Å². The molecule has 0 saturated heterocycles. The molecule has 1 aromatic carbocycles. The van der Waals surface area contributed by atoms with E-state index in [1.165, 1.54) is 12.1 Å².